The molecule has 0 radical (unpaired) electrons. The van der Waals surface area contributed by atoms with Crippen LogP contribution in [-0.4, -0.2) is 31.7 Å². The van der Waals surface area contributed by atoms with Gasteiger partial charge in [-0.2, -0.15) is 4.31 Å². The predicted molar refractivity (Wildman–Crippen MR) is 121 cm³/mol. The van der Waals surface area contributed by atoms with Crippen molar-refractivity contribution in [2.75, 3.05) is 18.4 Å². The third kappa shape index (κ3) is 4.16. The van der Waals surface area contributed by atoms with Crippen molar-refractivity contribution in [2.45, 2.75) is 59.3 Å². The number of hydrogen-bond donors (Lipinski definition) is 1. The van der Waals surface area contributed by atoms with E-state index < -0.39 is 10.0 Å². The van der Waals surface area contributed by atoms with Crippen molar-refractivity contribution < 1.29 is 13.2 Å². The van der Waals surface area contributed by atoms with Crippen molar-refractivity contribution in [1.29, 1.82) is 0 Å². The number of sulfonamides is 1. The molecule has 3 rings (SSSR count). The van der Waals surface area contributed by atoms with Crippen molar-refractivity contribution in [3.8, 4) is 0 Å². The first kappa shape index (κ1) is 22.5. The molecule has 0 unspecified atom stereocenters. The van der Waals surface area contributed by atoms with E-state index in [4.69, 9.17) is 0 Å². The van der Waals surface area contributed by atoms with Gasteiger partial charge in [0.1, 0.15) is 0 Å². The molecule has 5 nitrogen and oxygen atoms in total. The Bertz CT molecular complexity index is 1060. The highest BCUT2D eigenvalue weighted by molar-refractivity contribution is 7.89. The highest BCUT2D eigenvalue weighted by Gasteiger charge is 2.34. The van der Waals surface area contributed by atoms with Crippen LogP contribution in [0.1, 0.15) is 46.2 Å². The molecule has 1 fully saturated rings. The first-order valence-corrected chi connectivity index (χ1v) is 11.9. The third-order valence-corrected chi connectivity index (χ3v) is 8.76. The molecule has 1 aliphatic heterocycles. The largest absolute Gasteiger partial charge is 0.326 e. The van der Waals surface area contributed by atoms with Gasteiger partial charge in [-0.25, -0.2) is 8.42 Å². The Kier molecular flexibility index (Phi) is 6.39. The van der Waals surface area contributed by atoms with E-state index in [9.17, 15) is 13.2 Å². The highest BCUT2D eigenvalue weighted by Crippen LogP contribution is 2.31. The van der Waals surface area contributed by atoms with Crippen LogP contribution in [0.4, 0.5) is 5.69 Å². The molecule has 0 aromatic heterocycles. The fourth-order valence-electron chi connectivity index (χ4n) is 4.18. The van der Waals surface area contributed by atoms with Gasteiger partial charge >= 0.3 is 0 Å². The quantitative estimate of drug-likeness (QED) is 0.775. The Morgan fingerprint density at radius 1 is 0.900 bits per heavy atom. The smallest absolute Gasteiger partial charge is 0.243 e. The van der Waals surface area contributed by atoms with Crippen molar-refractivity contribution in [1.82, 2.24) is 4.31 Å². The zero-order valence-corrected chi connectivity index (χ0v) is 19.6. The summed E-state index contributed by atoms with van der Waals surface area (Å²) in [5.41, 5.74) is 6.62. The number of carbonyl (C=O) groups is 1. The Morgan fingerprint density at radius 3 is 2.03 bits per heavy atom. The number of amides is 1. The van der Waals surface area contributed by atoms with Gasteiger partial charge < -0.3 is 5.32 Å². The number of piperidine rings is 1. The summed E-state index contributed by atoms with van der Waals surface area (Å²) >= 11 is 0. The number of carbonyl (C=O) groups excluding carboxylic acids is 1. The molecule has 0 spiro atoms. The molecule has 1 heterocycles. The van der Waals surface area contributed by atoms with E-state index in [2.05, 4.69) is 5.32 Å². The summed E-state index contributed by atoms with van der Waals surface area (Å²) < 4.78 is 28.4. The van der Waals surface area contributed by atoms with Crippen molar-refractivity contribution >= 4 is 21.6 Å². The van der Waals surface area contributed by atoms with Crippen LogP contribution in [0.25, 0.3) is 0 Å². The van der Waals surface area contributed by atoms with E-state index in [1.807, 2.05) is 65.8 Å². The molecule has 1 saturated heterocycles. The second-order valence-corrected chi connectivity index (χ2v) is 10.4. The predicted octanol–water partition coefficient (Wildman–Crippen LogP) is 4.58. The van der Waals surface area contributed by atoms with Crippen LogP contribution in [0.2, 0.25) is 0 Å². The molecule has 2 aromatic rings. The molecule has 162 valence electrons. The molecule has 1 aliphatic rings. The molecule has 2 aromatic carbocycles. The van der Waals surface area contributed by atoms with E-state index in [1.165, 1.54) is 0 Å². The lowest BCUT2D eigenvalue weighted by molar-refractivity contribution is -0.120. The summed E-state index contributed by atoms with van der Waals surface area (Å²) in [6.45, 7) is 12.4. The number of aryl methyl sites for hydroxylation is 3. The standard InChI is InChI=1S/C24H32N2O3S/c1-15-8-7-9-22(18(15)4)25-24(27)21-10-12-26(13-11-21)30(28,29)23-19(5)16(2)14-17(3)20(23)6/h7-9,14,21H,10-13H2,1-6H3,(H,25,27). The molecule has 30 heavy (non-hydrogen) atoms. The number of hydrogen-bond acceptors (Lipinski definition) is 3. The maximum absolute atomic E-state index is 13.4. The number of nitrogens with one attached hydrogen (secondary N) is 1. The summed E-state index contributed by atoms with van der Waals surface area (Å²) in [6, 6.07) is 7.89. The summed E-state index contributed by atoms with van der Waals surface area (Å²) in [6.07, 6.45) is 1.05. The Labute approximate surface area is 180 Å². The number of anilines is 1. The molecule has 1 amide bonds. The monoisotopic (exact) mass is 428 g/mol. The van der Waals surface area contributed by atoms with Crippen LogP contribution in [-0.2, 0) is 14.8 Å². The maximum Gasteiger partial charge on any atom is 0.243 e. The van der Waals surface area contributed by atoms with Crippen LogP contribution >= 0.6 is 0 Å². The Morgan fingerprint density at radius 2 is 1.47 bits per heavy atom. The molecular weight excluding hydrogens is 396 g/mol. The number of nitrogens with zero attached hydrogens (tertiary/aromatic N) is 1. The molecule has 1 N–H and O–H groups in total. The maximum atomic E-state index is 13.4. The normalized spacial score (nSPS) is 15.9. The van der Waals surface area contributed by atoms with Crippen LogP contribution in [0.5, 0.6) is 0 Å². The van der Waals surface area contributed by atoms with Gasteiger partial charge in [-0.3, -0.25) is 4.79 Å². The second kappa shape index (κ2) is 8.52. The van der Waals surface area contributed by atoms with Gasteiger partial charge in [0, 0.05) is 24.7 Å². The molecule has 0 bridgehead atoms. The fourth-order valence-corrected chi connectivity index (χ4v) is 6.22. The average molecular weight is 429 g/mol. The molecule has 0 saturated carbocycles. The zero-order valence-electron chi connectivity index (χ0n) is 18.8. The SMILES string of the molecule is Cc1cccc(NC(=O)C2CCN(S(=O)(=O)c3c(C)c(C)cc(C)c3C)CC2)c1C. The summed E-state index contributed by atoms with van der Waals surface area (Å²) in [5.74, 6) is -0.211. The first-order chi connectivity index (χ1) is 14.0. The van der Waals surface area contributed by atoms with Gasteiger partial charge in [-0.15, -0.1) is 0 Å². The van der Waals surface area contributed by atoms with E-state index in [-0.39, 0.29) is 11.8 Å². The lowest BCUT2D eigenvalue weighted by atomic mass is 9.97. The van der Waals surface area contributed by atoms with Gasteiger partial charge in [0.15, 0.2) is 0 Å². The minimum Gasteiger partial charge on any atom is -0.326 e. The van der Waals surface area contributed by atoms with Gasteiger partial charge in [-0.05, 0) is 93.8 Å². The van der Waals surface area contributed by atoms with Crippen LogP contribution in [0.15, 0.2) is 29.2 Å². The molecule has 0 atom stereocenters. The summed E-state index contributed by atoms with van der Waals surface area (Å²) in [4.78, 5) is 13.2. The zero-order chi connectivity index (χ0) is 22.2. The van der Waals surface area contributed by atoms with E-state index >= 15 is 0 Å². The van der Waals surface area contributed by atoms with Gasteiger partial charge in [0.2, 0.25) is 15.9 Å². The summed E-state index contributed by atoms with van der Waals surface area (Å²) in [7, 11) is -3.59. The van der Waals surface area contributed by atoms with E-state index in [1.54, 1.807) is 4.31 Å². The van der Waals surface area contributed by atoms with Gasteiger partial charge in [-0.1, -0.05) is 18.2 Å². The third-order valence-electron chi connectivity index (χ3n) is 6.58. The van der Waals surface area contributed by atoms with Gasteiger partial charge in [0.05, 0.1) is 4.90 Å². The van der Waals surface area contributed by atoms with Crippen LogP contribution in [0, 0.1) is 47.5 Å². The van der Waals surface area contributed by atoms with E-state index in [0.717, 1.165) is 39.1 Å². The minimum atomic E-state index is -3.59. The lowest BCUT2D eigenvalue weighted by Gasteiger charge is -2.32. The second-order valence-electron chi connectivity index (χ2n) is 8.50. The Balaban J connectivity index is 1.74. The Hall–Kier alpha value is -2.18. The lowest BCUT2D eigenvalue weighted by Crippen LogP contribution is -2.42. The highest BCUT2D eigenvalue weighted by atomic mass is 32.2. The van der Waals surface area contributed by atoms with Crippen molar-refractivity contribution in [2.24, 2.45) is 5.92 Å². The number of rotatable bonds is 4. The summed E-state index contributed by atoms with van der Waals surface area (Å²) in [5, 5.41) is 3.03. The molecular formula is C24H32N2O3S. The van der Waals surface area contributed by atoms with E-state index in [0.29, 0.717) is 30.8 Å². The van der Waals surface area contributed by atoms with Crippen molar-refractivity contribution in [3.63, 3.8) is 0 Å². The fraction of sp³-hybridized carbons (Fsp3) is 0.458. The van der Waals surface area contributed by atoms with Crippen LogP contribution in [0.3, 0.4) is 0 Å². The van der Waals surface area contributed by atoms with Crippen molar-refractivity contribution in [3.05, 3.63) is 57.6 Å². The number of benzene rings is 2. The minimum absolute atomic E-state index is 0.0282. The van der Waals surface area contributed by atoms with Gasteiger partial charge in [0.25, 0.3) is 0 Å². The first-order valence-electron chi connectivity index (χ1n) is 10.5. The average Bonchev–Trinajstić information content (AvgIpc) is 2.70. The molecule has 0 aliphatic carbocycles. The molecule has 6 heteroatoms. The van der Waals surface area contributed by atoms with Crippen LogP contribution < -0.4 is 5.32 Å². The topological polar surface area (TPSA) is 66.5 Å².